The first-order chi connectivity index (χ1) is 13.5. The maximum atomic E-state index is 12.2. The molecule has 0 atom stereocenters. The SMILES string of the molecule is C/C(=N/NC(=O)CN1CCN(Cc2ccc(Cl)cc2)CC1)c1ccc(Cl)cc1. The van der Waals surface area contributed by atoms with Gasteiger partial charge in [-0.25, -0.2) is 5.43 Å². The van der Waals surface area contributed by atoms with Gasteiger partial charge in [-0.15, -0.1) is 0 Å². The number of nitrogens with one attached hydrogen (secondary N) is 1. The lowest BCUT2D eigenvalue weighted by Gasteiger charge is -2.34. The number of hydrogen-bond acceptors (Lipinski definition) is 4. The van der Waals surface area contributed by atoms with Crippen LogP contribution in [0.2, 0.25) is 10.0 Å². The van der Waals surface area contributed by atoms with E-state index in [2.05, 4.69) is 32.5 Å². The third-order valence-electron chi connectivity index (χ3n) is 4.76. The Hall–Kier alpha value is -1.92. The average molecular weight is 419 g/mol. The van der Waals surface area contributed by atoms with Gasteiger partial charge in [-0.05, 0) is 42.3 Å². The Labute approximate surface area is 175 Å². The van der Waals surface area contributed by atoms with Gasteiger partial charge in [-0.2, -0.15) is 5.10 Å². The number of rotatable bonds is 6. The van der Waals surface area contributed by atoms with E-state index in [0.717, 1.165) is 49.0 Å². The largest absolute Gasteiger partial charge is 0.297 e. The van der Waals surface area contributed by atoms with E-state index >= 15 is 0 Å². The van der Waals surface area contributed by atoms with Crippen molar-refractivity contribution in [2.45, 2.75) is 13.5 Å². The Morgan fingerprint density at radius 1 is 0.929 bits per heavy atom. The molecule has 7 heteroatoms. The fraction of sp³-hybridized carbons (Fsp3) is 0.333. The average Bonchev–Trinajstić information content (AvgIpc) is 2.70. The summed E-state index contributed by atoms with van der Waals surface area (Å²) in [4.78, 5) is 16.7. The van der Waals surface area contributed by atoms with Gasteiger partial charge in [0.2, 0.25) is 0 Å². The second kappa shape index (κ2) is 10.0. The summed E-state index contributed by atoms with van der Waals surface area (Å²) < 4.78 is 0. The summed E-state index contributed by atoms with van der Waals surface area (Å²) in [5.41, 5.74) is 5.58. The minimum absolute atomic E-state index is 0.0977. The van der Waals surface area contributed by atoms with E-state index in [-0.39, 0.29) is 5.91 Å². The minimum Gasteiger partial charge on any atom is -0.297 e. The van der Waals surface area contributed by atoms with Crippen molar-refractivity contribution in [1.29, 1.82) is 0 Å². The number of halogens is 2. The molecule has 2 aromatic rings. The molecule has 0 aromatic heterocycles. The lowest BCUT2D eigenvalue weighted by Crippen LogP contribution is -2.48. The molecule has 28 heavy (non-hydrogen) atoms. The zero-order valence-corrected chi connectivity index (χ0v) is 17.4. The van der Waals surface area contributed by atoms with Crippen LogP contribution < -0.4 is 5.43 Å². The van der Waals surface area contributed by atoms with Gasteiger partial charge in [0, 0.05) is 42.8 Å². The third-order valence-corrected chi connectivity index (χ3v) is 5.27. The third kappa shape index (κ3) is 6.31. The van der Waals surface area contributed by atoms with Crippen molar-refractivity contribution < 1.29 is 4.79 Å². The molecule has 1 amide bonds. The molecule has 0 unspecified atom stereocenters. The van der Waals surface area contributed by atoms with Gasteiger partial charge >= 0.3 is 0 Å². The van der Waals surface area contributed by atoms with Crippen molar-refractivity contribution in [2.24, 2.45) is 5.10 Å². The molecule has 1 N–H and O–H groups in total. The number of carbonyl (C=O) groups is 1. The molecule has 1 aliphatic rings. The number of nitrogens with zero attached hydrogens (tertiary/aromatic N) is 3. The van der Waals surface area contributed by atoms with Crippen molar-refractivity contribution in [3.63, 3.8) is 0 Å². The van der Waals surface area contributed by atoms with Gasteiger partial charge in [-0.3, -0.25) is 14.6 Å². The summed E-state index contributed by atoms with van der Waals surface area (Å²) in [6, 6.07) is 15.3. The molecule has 0 aliphatic carbocycles. The van der Waals surface area contributed by atoms with E-state index in [9.17, 15) is 4.79 Å². The molecule has 148 valence electrons. The van der Waals surface area contributed by atoms with Crippen molar-refractivity contribution in [3.8, 4) is 0 Å². The lowest BCUT2D eigenvalue weighted by atomic mass is 10.1. The predicted octanol–water partition coefficient (Wildman–Crippen LogP) is 3.65. The highest BCUT2D eigenvalue weighted by Gasteiger charge is 2.19. The van der Waals surface area contributed by atoms with E-state index in [1.54, 1.807) is 12.1 Å². The fourth-order valence-corrected chi connectivity index (χ4v) is 3.35. The molecule has 1 fully saturated rings. The Morgan fingerprint density at radius 3 is 2.07 bits per heavy atom. The molecule has 0 saturated carbocycles. The number of hydrogen-bond donors (Lipinski definition) is 1. The highest BCUT2D eigenvalue weighted by molar-refractivity contribution is 6.30. The first-order valence-electron chi connectivity index (χ1n) is 9.28. The van der Waals surface area contributed by atoms with Gasteiger partial charge in [-0.1, -0.05) is 47.5 Å². The second-order valence-electron chi connectivity index (χ2n) is 6.92. The minimum atomic E-state index is -0.0977. The highest BCUT2D eigenvalue weighted by Crippen LogP contribution is 2.13. The molecule has 1 heterocycles. The van der Waals surface area contributed by atoms with Crippen molar-refractivity contribution in [1.82, 2.24) is 15.2 Å². The zero-order chi connectivity index (χ0) is 19.9. The predicted molar refractivity (Wildman–Crippen MR) is 115 cm³/mol. The summed E-state index contributed by atoms with van der Waals surface area (Å²) in [6.45, 7) is 6.71. The smallest absolute Gasteiger partial charge is 0.254 e. The van der Waals surface area contributed by atoms with Gasteiger partial charge in [0.05, 0.1) is 12.3 Å². The number of piperazine rings is 1. The summed E-state index contributed by atoms with van der Waals surface area (Å²) in [6.07, 6.45) is 0. The molecule has 1 saturated heterocycles. The number of carbonyl (C=O) groups excluding carboxylic acids is 1. The van der Waals surface area contributed by atoms with Gasteiger partial charge in [0.1, 0.15) is 0 Å². The molecule has 0 radical (unpaired) electrons. The zero-order valence-electron chi connectivity index (χ0n) is 15.9. The van der Waals surface area contributed by atoms with Gasteiger partial charge in [0.25, 0.3) is 5.91 Å². The monoisotopic (exact) mass is 418 g/mol. The standard InChI is InChI=1S/C21H24Cl2N4O/c1-16(18-4-8-20(23)9-5-18)24-25-21(28)15-27-12-10-26(11-13-27)14-17-2-6-19(22)7-3-17/h2-9H,10-15H2,1H3,(H,25,28)/b24-16-. The van der Waals surface area contributed by atoms with Crippen molar-refractivity contribution in [3.05, 3.63) is 69.7 Å². The molecule has 0 bridgehead atoms. The van der Waals surface area contributed by atoms with Crippen LogP contribution in [-0.4, -0.2) is 54.1 Å². The van der Waals surface area contributed by atoms with Crippen molar-refractivity contribution >= 4 is 34.8 Å². The number of amides is 1. The van der Waals surface area contributed by atoms with E-state index in [0.29, 0.717) is 11.6 Å². The summed E-state index contributed by atoms with van der Waals surface area (Å²) in [5.74, 6) is -0.0977. The first-order valence-corrected chi connectivity index (χ1v) is 10.0. The van der Waals surface area contributed by atoms with E-state index < -0.39 is 0 Å². The van der Waals surface area contributed by atoms with E-state index in [4.69, 9.17) is 23.2 Å². The Kier molecular flexibility index (Phi) is 7.45. The van der Waals surface area contributed by atoms with Crippen LogP contribution in [0, 0.1) is 0 Å². The fourth-order valence-electron chi connectivity index (χ4n) is 3.09. The second-order valence-corrected chi connectivity index (χ2v) is 7.79. The summed E-state index contributed by atoms with van der Waals surface area (Å²) >= 11 is 11.8. The molecule has 5 nitrogen and oxygen atoms in total. The van der Waals surface area contributed by atoms with Crippen LogP contribution in [0.3, 0.4) is 0 Å². The molecular weight excluding hydrogens is 395 g/mol. The van der Waals surface area contributed by atoms with Crippen LogP contribution in [0.25, 0.3) is 0 Å². The molecule has 2 aromatic carbocycles. The summed E-state index contributed by atoms with van der Waals surface area (Å²) in [7, 11) is 0. The van der Waals surface area contributed by atoms with E-state index in [1.165, 1.54) is 5.56 Å². The first kappa shape index (κ1) is 20.8. The van der Waals surface area contributed by atoms with Gasteiger partial charge in [0.15, 0.2) is 0 Å². The van der Waals surface area contributed by atoms with Crippen LogP contribution in [0.15, 0.2) is 53.6 Å². The molecule has 0 spiro atoms. The summed E-state index contributed by atoms with van der Waals surface area (Å²) in [5, 5.41) is 5.63. The van der Waals surface area contributed by atoms with Crippen LogP contribution in [0.1, 0.15) is 18.1 Å². The molecular formula is C21H24Cl2N4O. The Morgan fingerprint density at radius 2 is 1.46 bits per heavy atom. The maximum absolute atomic E-state index is 12.2. The molecule has 1 aliphatic heterocycles. The topological polar surface area (TPSA) is 47.9 Å². The lowest BCUT2D eigenvalue weighted by molar-refractivity contribution is -0.122. The van der Waals surface area contributed by atoms with Crippen LogP contribution in [0.5, 0.6) is 0 Å². The maximum Gasteiger partial charge on any atom is 0.254 e. The number of benzene rings is 2. The van der Waals surface area contributed by atoms with Crippen LogP contribution in [0.4, 0.5) is 0 Å². The highest BCUT2D eigenvalue weighted by atomic mass is 35.5. The van der Waals surface area contributed by atoms with E-state index in [1.807, 2.05) is 31.2 Å². The quantitative estimate of drug-likeness (QED) is 0.575. The molecule has 3 rings (SSSR count). The van der Waals surface area contributed by atoms with Crippen molar-refractivity contribution in [2.75, 3.05) is 32.7 Å². The van der Waals surface area contributed by atoms with Gasteiger partial charge < -0.3 is 0 Å². The van der Waals surface area contributed by atoms with Crippen LogP contribution >= 0.6 is 23.2 Å². The Bertz CT molecular complexity index is 813. The Balaban J connectivity index is 1.41. The number of hydrazone groups is 1. The van der Waals surface area contributed by atoms with Crippen LogP contribution in [-0.2, 0) is 11.3 Å². The normalized spacial score (nSPS) is 16.2.